The van der Waals surface area contributed by atoms with Crippen LogP contribution in [0.1, 0.15) is 24.6 Å². The van der Waals surface area contributed by atoms with Gasteiger partial charge in [-0.2, -0.15) is 4.98 Å². The summed E-state index contributed by atoms with van der Waals surface area (Å²) in [6.07, 6.45) is 1.13. The molecule has 2 heterocycles. The standard InChI is InChI=1S/C16H17N3O5/c1-22-16(21)7-6-14-17-13(18-24-14)10-23-12-4-2-11(3-5-12)19-9-8-15(19)20/h2-5H,6-10H2,1H3. The summed E-state index contributed by atoms with van der Waals surface area (Å²) in [4.78, 5) is 28.3. The van der Waals surface area contributed by atoms with E-state index in [-0.39, 0.29) is 24.9 Å². The minimum atomic E-state index is -0.327. The van der Waals surface area contributed by atoms with E-state index in [2.05, 4.69) is 14.9 Å². The first-order valence-electron chi connectivity index (χ1n) is 7.57. The molecule has 2 aromatic rings. The Bertz CT molecular complexity index is 726. The lowest BCUT2D eigenvalue weighted by Crippen LogP contribution is -2.43. The van der Waals surface area contributed by atoms with Crippen LogP contribution in [0.25, 0.3) is 0 Å². The van der Waals surface area contributed by atoms with Crippen molar-refractivity contribution in [2.75, 3.05) is 18.6 Å². The zero-order valence-electron chi connectivity index (χ0n) is 13.2. The molecule has 24 heavy (non-hydrogen) atoms. The Morgan fingerprint density at radius 3 is 2.75 bits per heavy atom. The number of esters is 1. The Labute approximate surface area is 138 Å². The number of β-lactam (4-membered cyclic amide) rings is 1. The molecule has 8 heteroatoms. The summed E-state index contributed by atoms with van der Waals surface area (Å²) in [6.45, 7) is 0.917. The molecule has 126 valence electrons. The molecule has 1 saturated heterocycles. The maximum Gasteiger partial charge on any atom is 0.306 e. The Hall–Kier alpha value is -2.90. The number of aromatic nitrogens is 2. The van der Waals surface area contributed by atoms with E-state index in [4.69, 9.17) is 9.26 Å². The monoisotopic (exact) mass is 331 g/mol. The highest BCUT2D eigenvalue weighted by Gasteiger charge is 2.24. The van der Waals surface area contributed by atoms with E-state index in [9.17, 15) is 9.59 Å². The van der Waals surface area contributed by atoms with Crippen molar-refractivity contribution in [3.8, 4) is 5.75 Å². The van der Waals surface area contributed by atoms with Crippen molar-refractivity contribution in [3.63, 3.8) is 0 Å². The number of amides is 1. The molecule has 0 bridgehead atoms. The lowest BCUT2D eigenvalue weighted by molar-refractivity contribution is -0.140. The summed E-state index contributed by atoms with van der Waals surface area (Å²) in [5.74, 6) is 1.22. The number of benzene rings is 1. The van der Waals surface area contributed by atoms with E-state index >= 15 is 0 Å². The number of nitrogens with zero attached hydrogens (tertiary/aromatic N) is 3. The Balaban J connectivity index is 1.49. The molecular formula is C16H17N3O5. The highest BCUT2D eigenvalue weighted by molar-refractivity contribution is 5.99. The second kappa shape index (κ2) is 7.12. The van der Waals surface area contributed by atoms with Crippen LogP contribution in [0.3, 0.4) is 0 Å². The summed E-state index contributed by atoms with van der Waals surface area (Å²) in [7, 11) is 1.33. The average molecular weight is 331 g/mol. The summed E-state index contributed by atoms with van der Waals surface area (Å²) < 4.78 is 15.2. The lowest BCUT2D eigenvalue weighted by atomic mass is 10.1. The van der Waals surface area contributed by atoms with E-state index in [1.807, 2.05) is 12.1 Å². The van der Waals surface area contributed by atoms with Gasteiger partial charge in [-0.15, -0.1) is 0 Å². The largest absolute Gasteiger partial charge is 0.485 e. The lowest BCUT2D eigenvalue weighted by Gasteiger charge is -2.30. The number of methoxy groups -OCH3 is 1. The third-order valence-corrected chi connectivity index (χ3v) is 3.65. The number of aryl methyl sites for hydroxylation is 1. The van der Waals surface area contributed by atoms with Crippen LogP contribution in [0.2, 0.25) is 0 Å². The third kappa shape index (κ3) is 3.70. The molecule has 3 rings (SSSR count). The number of anilines is 1. The molecule has 0 radical (unpaired) electrons. The minimum absolute atomic E-state index is 0.134. The molecule has 1 aliphatic heterocycles. The fraction of sp³-hybridized carbons (Fsp3) is 0.375. The first-order valence-corrected chi connectivity index (χ1v) is 7.57. The van der Waals surface area contributed by atoms with Gasteiger partial charge in [0.1, 0.15) is 5.75 Å². The molecule has 0 atom stereocenters. The van der Waals surface area contributed by atoms with Crippen LogP contribution < -0.4 is 9.64 Å². The molecule has 0 saturated carbocycles. The molecule has 1 fully saturated rings. The zero-order chi connectivity index (χ0) is 16.9. The predicted molar refractivity (Wildman–Crippen MR) is 82.4 cm³/mol. The number of hydrogen-bond acceptors (Lipinski definition) is 7. The van der Waals surface area contributed by atoms with E-state index in [1.165, 1.54) is 7.11 Å². The SMILES string of the molecule is COC(=O)CCc1nc(COc2ccc(N3CCC3=O)cc2)no1. The molecule has 0 unspecified atom stereocenters. The fourth-order valence-electron chi connectivity index (χ4n) is 2.22. The summed E-state index contributed by atoms with van der Waals surface area (Å²) in [6, 6.07) is 7.26. The van der Waals surface area contributed by atoms with E-state index in [0.29, 0.717) is 30.3 Å². The fourth-order valence-corrected chi connectivity index (χ4v) is 2.22. The van der Waals surface area contributed by atoms with Crippen LogP contribution >= 0.6 is 0 Å². The van der Waals surface area contributed by atoms with E-state index in [0.717, 1.165) is 12.2 Å². The molecule has 1 aliphatic rings. The van der Waals surface area contributed by atoms with Gasteiger partial charge in [0.15, 0.2) is 6.61 Å². The number of carbonyl (C=O) groups is 2. The van der Waals surface area contributed by atoms with Gasteiger partial charge in [0.25, 0.3) is 0 Å². The quantitative estimate of drug-likeness (QED) is 0.560. The van der Waals surface area contributed by atoms with Crippen LogP contribution in [0, 0.1) is 0 Å². The molecule has 0 N–H and O–H groups in total. The molecule has 8 nitrogen and oxygen atoms in total. The van der Waals surface area contributed by atoms with Crippen LogP contribution in [-0.4, -0.2) is 35.7 Å². The van der Waals surface area contributed by atoms with Gasteiger partial charge in [0.05, 0.1) is 13.5 Å². The molecular weight excluding hydrogens is 314 g/mol. The van der Waals surface area contributed by atoms with Crippen LogP contribution in [-0.2, 0) is 27.4 Å². The highest BCUT2D eigenvalue weighted by Crippen LogP contribution is 2.24. The zero-order valence-corrected chi connectivity index (χ0v) is 13.2. The van der Waals surface area contributed by atoms with Crippen molar-refractivity contribution in [1.82, 2.24) is 10.1 Å². The number of ether oxygens (including phenoxy) is 2. The van der Waals surface area contributed by atoms with Crippen molar-refractivity contribution in [3.05, 3.63) is 36.0 Å². The third-order valence-electron chi connectivity index (χ3n) is 3.65. The Morgan fingerprint density at radius 2 is 2.12 bits per heavy atom. The van der Waals surface area contributed by atoms with Crippen molar-refractivity contribution in [2.24, 2.45) is 0 Å². The molecule has 0 aliphatic carbocycles. The van der Waals surface area contributed by atoms with Gasteiger partial charge >= 0.3 is 5.97 Å². The molecule has 1 aromatic carbocycles. The summed E-state index contributed by atoms with van der Waals surface area (Å²) >= 11 is 0. The second-order valence-corrected chi connectivity index (χ2v) is 5.26. The van der Waals surface area contributed by atoms with Crippen molar-refractivity contribution < 1.29 is 23.6 Å². The van der Waals surface area contributed by atoms with Crippen molar-refractivity contribution in [2.45, 2.75) is 25.9 Å². The smallest absolute Gasteiger partial charge is 0.306 e. The second-order valence-electron chi connectivity index (χ2n) is 5.26. The van der Waals surface area contributed by atoms with E-state index in [1.54, 1.807) is 17.0 Å². The van der Waals surface area contributed by atoms with E-state index < -0.39 is 0 Å². The Kier molecular flexibility index (Phi) is 4.74. The van der Waals surface area contributed by atoms with Gasteiger partial charge in [-0.3, -0.25) is 9.59 Å². The highest BCUT2D eigenvalue weighted by atomic mass is 16.5. The molecule has 1 amide bonds. The van der Waals surface area contributed by atoms with Crippen molar-refractivity contribution >= 4 is 17.6 Å². The normalized spacial score (nSPS) is 13.5. The van der Waals surface area contributed by atoms with Gasteiger partial charge in [-0.05, 0) is 24.3 Å². The maximum atomic E-state index is 11.4. The number of rotatable bonds is 7. The van der Waals surface area contributed by atoms with Crippen molar-refractivity contribution in [1.29, 1.82) is 0 Å². The summed E-state index contributed by atoms with van der Waals surface area (Å²) in [5.41, 5.74) is 0.864. The molecule has 1 aromatic heterocycles. The Morgan fingerprint density at radius 1 is 1.33 bits per heavy atom. The first kappa shape index (κ1) is 16.0. The van der Waals surface area contributed by atoms with Gasteiger partial charge in [0.2, 0.25) is 17.6 Å². The van der Waals surface area contributed by atoms with Crippen LogP contribution in [0.5, 0.6) is 5.75 Å². The van der Waals surface area contributed by atoms with Gasteiger partial charge < -0.3 is 18.9 Å². The van der Waals surface area contributed by atoms with Gasteiger partial charge in [-0.25, -0.2) is 0 Å². The van der Waals surface area contributed by atoms with Gasteiger partial charge in [-0.1, -0.05) is 5.16 Å². The maximum absolute atomic E-state index is 11.4. The van der Waals surface area contributed by atoms with Gasteiger partial charge in [0, 0.05) is 25.1 Å². The minimum Gasteiger partial charge on any atom is -0.485 e. The molecule has 0 spiro atoms. The number of hydrogen-bond donors (Lipinski definition) is 0. The first-order chi connectivity index (χ1) is 11.7. The topological polar surface area (TPSA) is 94.8 Å². The predicted octanol–water partition coefficient (Wildman–Crippen LogP) is 1.49. The average Bonchev–Trinajstić information content (AvgIpc) is 3.05. The van der Waals surface area contributed by atoms with Crippen LogP contribution in [0.4, 0.5) is 5.69 Å². The summed E-state index contributed by atoms with van der Waals surface area (Å²) in [5, 5.41) is 3.80. The number of carbonyl (C=O) groups excluding carboxylic acids is 2. The van der Waals surface area contributed by atoms with Crippen LogP contribution in [0.15, 0.2) is 28.8 Å².